The van der Waals surface area contributed by atoms with Crippen LogP contribution in [-0.4, -0.2) is 35.3 Å². The van der Waals surface area contributed by atoms with E-state index in [1.165, 1.54) is 0 Å². The number of aryl methyl sites for hydroxylation is 1. The number of aromatic nitrogens is 2. The van der Waals surface area contributed by atoms with Gasteiger partial charge in [0.2, 0.25) is 0 Å². The van der Waals surface area contributed by atoms with Crippen LogP contribution in [0.25, 0.3) is 0 Å². The van der Waals surface area contributed by atoms with Crippen LogP contribution < -0.4 is 10.5 Å². The molecule has 2 unspecified atom stereocenters. The zero-order chi connectivity index (χ0) is 12.4. The maximum atomic E-state index is 11.5. The first kappa shape index (κ1) is 12.1. The first-order valence-electron chi connectivity index (χ1n) is 6.09. The van der Waals surface area contributed by atoms with Crippen molar-refractivity contribution in [2.45, 2.75) is 39.4 Å². The smallest absolute Gasteiger partial charge is 0.252 e. The molecule has 1 aromatic heterocycles. The summed E-state index contributed by atoms with van der Waals surface area (Å²) in [5, 5.41) is 0. The molecule has 2 rings (SSSR count). The molecule has 1 aliphatic heterocycles. The molecule has 1 aromatic rings. The molecule has 0 amide bonds. The lowest BCUT2D eigenvalue weighted by Gasteiger charge is -2.36. The van der Waals surface area contributed by atoms with Gasteiger partial charge in [-0.1, -0.05) is 6.92 Å². The van der Waals surface area contributed by atoms with Crippen LogP contribution in [0.4, 0.5) is 5.82 Å². The van der Waals surface area contributed by atoms with Crippen molar-refractivity contribution in [3.63, 3.8) is 0 Å². The summed E-state index contributed by atoms with van der Waals surface area (Å²) in [5.41, 5.74) is -0.0846. The Morgan fingerprint density at radius 1 is 1.47 bits per heavy atom. The Bertz CT molecular complexity index is 434. The average molecular weight is 237 g/mol. The SMILES string of the molecule is CCc1nc(N2CC(C)OC(C)C2)cc(=O)[nH]1. The molecule has 2 heterocycles. The minimum Gasteiger partial charge on any atom is -0.372 e. The van der Waals surface area contributed by atoms with Gasteiger partial charge in [0, 0.05) is 25.6 Å². The summed E-state index contributed by atoms with van der Waals surface area (Å²) in [4.78, 5) is 20.8. The molecule has 1 N–H and O–H groups in total. The van der Waals surface area contributed by atoms with E-state index in [0.717, 1.165) is 31.2 Å². The minimum atomic E-state index is -0.0846. The highest BCUT2D eigenvalue weighted by atomic mass is 16.5. The van der Waals surface area contributed by atoms with E-state index in [2.05, 4.69) is 14.9 Å². The molecule has 1 saturated heterocycles. The third kappa shape index (κ3) is 2.85. The lowest BCUT2D eigenvalue weighted by molar-refractivity contribution is -0.00548. The van der Waals surface area contributed by atoms with Gasteiger partial charge in [-0.25, -0.2) is 4.98 Å². The van der Waals surface area contributed by atoms with E-state index in [1.54, 1.807) is 6.07 Å². The van der Waals surface area contributed by atoms with E-state index >= 15 is 0 Å². The number of anilines is 1. The van der Waals surface area contributed by atoms with Gasteiger partial charge in [0.05, 0.1) is 12.2 Å². The highest BCUT2D eigenvalue weighted by molar-refractivity contribution is 5.38. The topological polar surface area (TPSA) is 58.2 Å². The quantitative estimate of drug-likeness (QED) is 0.832. The fourth-order valence-corrected chi connectivity index (χ4v) is 2.19. The maximum Gasteiger partial charge on any atom is 0.252 e. The van der Waals surface area contributed by atoms with Crippen LogP contribution in [0.1, 0.15) is 26.6 Å². The van der Waals surface area contributed by atoms with Crippen LogP contribution in [0.2, 0.25) is 0 Å². The predicted molar refractivity (Wildman–Crippen MR) is 66.5 cm³/mol. The van der Waals surface area contributed by atoms with Crippen LogP contribution in [0.15, 0.2) is 10.9 Å². The van der Waals surface area contributed by atoms with Gasteiger partial charge in [-0.15, -0.1) is 0 Å². The molecule has 0 bridgehead atoms. The third-order valence-electron chi connectivity index (χ3n) is 2.86. The second-order valence-corrected chi connectivity index (χ2v) is 4.57. The molecule has 2 atom stereocenters. The number of ether oxygens (including phenoxy) is 1. The van der Waals surface area contributed by atoms with Gasteiger partial charge in [0.15, 0.2) is 0 Å². The number of rotatable bonds is 2. The minimum absolute atomic E-state index is 0.0846. The van der Waals surface area contributed by atoms with Crippen molar-refractivity contribution in [3.05, 3.63) is 22.2 Å². The number of hydrogen-bond acceptors (Lipinski definition) is 4. The van der Waals surface area contributed by atoms with Gasteiger partial charge in [-0.05, 0) is 13.8 Å². The first-order chi connectivity index (χ1) is 8.08. The third-order valence-corrected chi connectivity index (χ3v) is 2.86. The van der Waals surface area contributed by atoms with Crippen LogP contribution in [0, 0.1) is 0 Å². The maximum absolute atomic E-state index is 11.5. The monoisotopic (exact) mass is 237 g/mol. The van der Waals surface area contributed by atoms with Gasteiger partial charge in [-0.3, -0.25) is 4.79 Å². The summed E-state index contributed by atoms with van der Waals surface area (Å²) >= 11 is 0. The predicted octanol–water partition coefficient (Wildman–Crippen LogP) is 0.946. The fourth-order valence-electron chi connectivity index (χ4n) is 2.19. The lowest BCUT2D eigenvalue weighted by Crippen LogP contribution is -2.46. The zero-order valence-electron chi connectivity index (χ0n) is 10.6. The van der Waals surface area contributed by atoms with Crippen LogP contribution in [0.3, 0.4) is 0 Å². The first-order valence-corrected chi connectivity index (χ1v) is 6.09. The van der Waals surface area contributed by atoms with Crippen LogP contribution in [-0.2, 0) is 11.2 Å². The van der Waals surface area contributed by atoms with Crippen molar-refractivity contribution in [1.29, 1.82) is 0 Å². The van der Waals surface area contributed by atoms with E-state index in [-0.39, 0.29) is 17.8 Å². The Hall–Kier alpha value is -1.36. The molecule has 0 radical (unpaired) electrons. The van der Waals surface area contributed by atoms with Crippen molar-refractivity contribution in [3.8, 4) is 0 Å². The molecule has 0 aliphatic carbocycles. The number of aromatic amines is 1. The van der Waals surface area contributed by atoms with Gasteiger partial charge in [-0.2, -0.15) is 0 Å². The van der Waals surface area contributed by atoms with Crippen molar-refractivity contribution >= 4 is 5.82 Å². The van der Waals surface area contributed by atoms with Gasteiger partial charge in [0.1, 0.15) is 11.6 Å². The molecule has 5 nitrogen and oxygen atoms in total. The Labute approximate surface area is 101 Å². The molecule has 5 heteroatoms. The Kier molecular flexibility index (Phi) is 3.47. The van der Waals surface area contributed by atoms with E-state index in [4.69, 9.17) is 4.74 Å². The largest absolute Gasteiger partial charge is 0.372 e. The van der Waals surface area contributed by atoms with Crippen molar-refractivity contribution < 1.29 is 4.74 Å². The van der Waals surface area contributed by atoms with E-state index in [9.17, 15) is 4.79 Å². The lowest BCUT2D eigenvalue weighted by atomic mass is 10.2. The molecular weight excluding hydrogens is 218 g/mol. The zero-order valence-corrected chi connectivity index (χ0v) is 10.6. The second-order valence-electron chi connectivity index (χ2n) is 4.57. The summed E-state index contributed by atoms with van der Waals surface area (Å²) in [7, 11) is 0. The Morgan fingerprint density at radius 2 is 2.12 bits per heavy atom. The molecule has 17 heavy (non-hydrogen) atoms. The standard InChI is InChI=1S/C12H19N3O2/c1-4-10-13-11(5-12(16)14-10)15-6-8(2)17-9(3)7-15/h5,8-9H,4,6-7H2,1-3H3,(H,13,14,16). The summed E-state index contributed by atoms with van der Waals surface area (Å²) < 4.78 is 5.67. The van der Waals surface area contributed by atoms with Crippen molar-refractivity contribution in [2.75, 3.05) is 18.0 Å². The molecule has 0 saturated carbocycles. The fraction of sp³-hybridized carbons (Fsp3) is 0.667. The van der Waals surface area contributed by atoms with Crippen molar-refractivity contribution in [2.24, 2.45) is 0 Å². The number of morpholine rings is 1. The molecule has 94 valence electrons. The molecule has 0 aromatic carbocycles. The Morgan fingerprint density at radius 3 is 2.71 bits per heavy atom. The number of hydrogen-bond donors (Lipinski definition) is 1. The van der Waals surface area contributed by atoms with Crippen LogP contribution >= 0.6 is 0 Å². The summed E-state index contributed by atoms with van der Waals surface area (Å²) in [5.74, 6) is 1.49. The molecule has 0 spiro atoms. The molecule has 1 aliphatic rings. The number of H-pyrrole nitrogens is 1. The van der Waals surface area contributed by atoms with Gasteiger partial charge < -0.3 is 14.6 Å². The van der Waals surface area contributed by atoms with Crippen LogP contribution in [0.5, 0.6) is 0 Å². The van der Waals surface area contributed by atoms with Gasteiger partial charge in [0.25, 0.3) is 5.56 Å². The molecular formula is C12H19N3O2. The summed E-state index contributed by atoms with van der Waals surface area (Å²) in [6, 6.07) is 1.56. The van der Waals surface area contributed by atoms with E-state index < -0.39 is 0 Å². The van der Waals surface area contributed by atoms with E-state index in [1.807, 2.05) is 20.8 Å². The molecule has 1 fully saturated rings. The average Bonchev–Trinajstić information content (AvgIpc) is 2.26. The Balaban J connectivity index is 2.26. The second kappa shape index (κ2) is 4.87. The highest BCUT2D eigenvalue weighted by Gasteiger charge is 2.23. The summed E-state index contributed by atoms with van der Waals surface area (Å²) in [6.07, 6.45) is 1.08. The van der Waals surface area contributed by atoms with Gasteiger partial charge >= 0.3 is 0 Å². The number of nitrogens with zero attached hydrogens (tertiary/aromatic N) is 2. The summed E-state index contributed by atoms with van der Waals surface area (Å²) in [6.45, 7) is 7.62. The van der Waals surface area contributed by atoms with E-state index in [0.29, 0.717) is 0 Å². The highest BCUT2D eigenvalue weighted by Crippen LogP contribution is 2.16. The number of nitrogens with one attached hydrogen (secondary N) is 1. The van der Waals surface area contributed by atoms with Crippen molar-refractivity contribution in [1.82, 2.24) is 9.97 Å². The normalized spacial score (nSPS) is 25.0.